The van der Waals surface area contributed by atoms with E-state index in [4.69, 9.17) is 5.73 Å². The van der Waals surface area contributed by atoms with Crippen molar-refractivity contribution < 1.29 is 4.79 Å². The van der Waals surface area contributed by atoms with Crippen LogP contribution in [-0.2, 0) is 0 Å². The second-order valence-corrected chi connectivity index (χ2v) is 6.68. The molecule has 2 aromatic rings. The molecule has 1 heterocycles. The zero-order valence-corrected chi connectivity index (χ0v) is 13.0. The van der Waals surface area contributed by atoms with E-state index in [0.717, 1.165) is 35.9 Å². The number of carbonyl (C=O) groups is 1. The minimum Gasteiger partial charge on any atom is -0.397 e. The summed E-state index contributed by atoms with van der Waals surface area (Å²) in [6.07, 6.45) is 7.74. The molecular formula is C17H20N2OS. The van der Waals surface area contributed by atoms with Crippen LogP contribution < -0.4 is 11.1 Å². The Morgan fingerprint density at radius 3 is 3.00 bits per heavy atom. The van der Waals surface area contributed by atoms with Gasteiger partial charge >= 0.3 is 0 Å². The summed E-state index contributed by atoms with van der Waals surface area (Å²) >= 11 is 1.49. The molecule has 0 aliphatic heterocycles. The molecule has 0 spiro atoms. The summed E-state index contributed by atoms with van der Waals surface area (Å²) in [4.78, 5) is 13.0. The third-order valence-corrected chi connectivity index (χ3v) is 5.44. The maximum atomic E-state index is 12.4. The number of carbonyl (C=O) groups excluding carboxylic acids is 1. The van der Waals surface area contributed by atoms with E-state index in [1.165, 1.54) is 16.9 Å². The molecule has 1 amide bonds. The van der Waals surface area contributed by atoms with Crippen LogP contribution in [0.4, 0.5) is 5.69 Å². The number of hydrogen-bond acceptors (Lipinski definition) is 3. The first-order chi connectivity index (χ1) is 10.2. The lowest BCUT2D eigenvalue weighted by Gasteiger charge is -2.17. The van der Waals surface area contributed by atoms with E-state index >= 15 is 0 Å². The Balaban J connectivity index is 1.77. The Bertz CT molecular complexity index is 702. The Hall–Kier alpha value is -1.81. The van der Waals surface area contributed by atoms with Gasteiger partial charge in [-0.25, -0.2) is 0 Å². The van der Waals surface area contributed by atoms with Gasteiger partial charge in [0.25, 0.3) is 5.91 Å². The van der Waals surface area contributed by atoms with Crippen LogP contribution in [0.15, 0.2) is 30.4 Å². The van der Waals surface area contributed by atoms with E-state index in [1.807, 2.05) is 25.1 Å². The summed E-state index contributed by atoms with van der Waals surface area (Å²) in [5.74, 6) is 0.513. The average molecular weight is 300 g/mol. The predicted molar refractivity (Wildman–Crippen MR) is 89.8 cm³/mol. The van der Waals surface area contributed by atoms with E-state index in [-0.39, 0.29) is 5.91 Å². The monoisotopic (exact) mass is 300 g/mol. The number of benzene rings is 1. The number of amides is 1. The molecule has 0 bridgehead atoms. The summed E-state index contributed by atoms with van der Waals surface area (Å²) in [7, 11) is 0. The van der Waals surface area contributed by atoms with E-state index in [9.17, 15) is 4.79 Å². The summed E-state index contributed by atoms with van der Waals surface area (Å²) in [6, 6.07) is 6.02. The lowest BCUT2D eigenvalue weighted by molar-refractivity contribution is 0.0951. The van der Waals surface area contributed by atoms with Crippen molar-refractivity contribution >= 4 is 33.0 Å². The highest BCUT2D eigenvalue weighted by Gasteiger charge is 2.18. The van der Waals surface area contributed by atoms with Gasteiger partial charge in [-0.15, -0.1) is 11.3 Å². The van der Waals surface area contributed by atoms with Gasteiger partial charge in [0.05, 0.1) is 5.69 Å². The van der Waals surface area contributed by atoms with Gasteiger partial charge in [0.1, 0.15) is 4.88 Å². The molecule has 3 N–H and O–H groups in total. The smallest absolute Gasteiger partial charge is 0.263 e. The van der Waals surface area contributed by atoms with Crippen LogP contribution in [-0.4, -0.2) is 12.5 Å². The standard InChI is InChI=1S/C17H20N2OS/c1-11-6-5-9-13-14(18)16(21-15(11)13)17(20)19-10-12-7-3-2-4-8-12/h2-3,5-6,9,12H,4,7-8,10,18H2,1H3,(H,19,20). The predicted octanol–water partition coefficient (Wildman–Crippen LogP) is 3.88. The van der Waals surface area contributed by atoms with Crippen LogP contribution >= 0.6 is 11.3 Å². The van der Waals surface area contributed by atoms with Crippen LogP contribution in [0.2, 0.25) is 0 Å². The fraction of sp³-hybridized carbons (Fsp3) is 0.353. The minimum absolute atomic E-state index is 0.0392. The first kappa shape index (κ1) is 14.1. The zero-order valence-electron chi connectivity index (χ0n) is 12.2. The normalized spacial score (nSPS) is 18.0. The highest BCUT2D eigenvalue weighted by molar-refractivity contribution is 7.21. The van der Waals surface area contributed by atoms with E-state index in [2.05, 4.69) is 17.5 Å². The molecule has 21 heavy (non-hydrogen) atoms. The topological polar surface area (TPSA) is 55.1 Å². The molecule has 4 heteroatoms. The number of thiophene rings is 1. The third kappa shape index (κ3) is 2.81. The van der Waals surface area contributed by atoms with Gasteiger partial charge in [-0.1, -0.05) is 30.4 Å². The van der Waals surface area contributed by atoms with E-state index in [1.54, 1.807) is 0 Å². The zero-order chi connectivity index (χ0) is 14.8. The maximum absolute atomic E-state index is 12.4. The highest BCUT2D eigenvalue weighted by Crippen LogP contribution is 2.35. The van der Waals surface area contributed by atoms with Gasteiger partial charge in [0.15, 0.2) is 0 Å². The average Bonchev–Trinajstić information content (AvgIpc) is 2.85. The number of rotatable bonds is 3. The first-order valence-corrected chi connectivity index (χ1v) is 8.19. The summed E-state index contributed by atoms with van der Waals surface area (Å²) in [6.45, 7) is 2.78. The summed E-state index contributed by atoms with van der Waals surface area (Å²) in [5, 5.41) is 4.04. The molecule has 0 fully saturated rings. The largest absolute Gasteiger partial charge is 0.397 e. The van der Waals surface area contributed by atoms with Crippen molar-refractivity contribution in [3.63, 3.8) is 0 Å². The molecule has 3 nitrogen and oxygen atoms in total. The van der Waals surface area contributed by atoms with Crippen molar-refractivity contribution in [2.45, 2.75) is 26.2 Å². The van der Waals surface area contributed by atoms with Crippen molar-refractivity contribution in [3.05, 3.63) is 40.8 Å². The van der Waals surface area contributed by atoms with Crippen molar-refractivity contribution in [2.24, 2.45) is 5.92 Å². The van der Waals surface area contributed by atoms with Gasteiger partial charge < -0.3 is 11.1 Å². The van der Waals surface area contributed by atoms with Gasteiger partial charge in [0.2, 0.25) is 0 Å². The highest BCUT2D eigenvalue weighted by atomic mass is 32.1. The second-order valence-electron chi connectivity index (χ2n) is 5.66. The molecule has 1 aromatic carbocycles. The molecular weight excluding hydrogens is 280 g/mol. The van der Waals surface area contributed by atoms with Gasteiger partial charge in [-0.3, -0.25) is 4.79 Å². The van der Waals surface area contributed by atoms with Crippen LogP contribution in [0.1, 0.15) is 34.5 Å². The Kier molecular flexibility index (Phi) is 3.97. The molecule has 1 aromatic heterocycles. The quantitative estimate of drug-likeness (QED) is 0.845. The Labute approximate surface area is 128 Å². The fourth-order valence-corrected chi connectivity index (χ4v) is 3.91. The number of aryl methyl sites for hydroxylation is 1. The van der Waals surface area contributed by atoms with E-state index in [0.29, 0.717) is 16.5 Å². The number of fused-ring (bicyclic) bond motifs is 1. The molecule has 0 saturated heterocycles. The van der Waals surface area contributed by atoms with Gasteiger partial charge in [0, 0.05) is 16.6 Å². The lowest BCUT2D eigenvalue weighted by atomic mass is 9.94. The van der Waals surface area contributed by atoms with Crippen LogP contribution in [0.5, 0.6) is 0 Å². The van der Waals surface area contributed by atoms with Crippen molar-refractivity contribution in [1.82, 2.24) is 5.32 Å². The van der Waals surface area contributed by atoms with Crippen molar-refractivity contribution in [2.75, 3.05) is 12.3 Å². The summed E-state index contributed by atoms with van der Waals surface area (Å²) < 4.78 is 1.11. The molecule has 1 aliphatic rings. The van der Waals surface area contributed by atoms with Crippen LogP contribution in [0, 0.1) is 12.8 Å². The molecule has 1 aliphatic carbocycles. The second kappa shape index (κ2) is 5.90. The molecule has 0 radical (unpaired) electrons. The van der Waals surface area contributed by atoms with Crippen molar-refractivity contribution in [1.29, 1.82) is 0 Å². The van der Waals surface area contributed by atoms with Crippen LogP contribution in [0.3, 0.4) is 0 Å². The fourth-order valence-electron chi connectivity index (χ4n) is 2.81. The molecule has 3 rings (SSSR count). The number of anilines is 1. The van der Waals surface area contributed by atoms with Crippen molar-refractivity contribution in [3.8, 4) is 0 Å². The number of hydrogen-bond donors (Lipinski definition) is 2. The summed E-state index contributed by atoms with van der Waals surface area (Å²) in [5.41, 5.74) is 7.93. The first-order valence-electron chi connectivity index (χ1n) is 7.37. The lowest BCUT2D eigenvalue weighted by Crippen LogP contribution is -2.29. The number of nitrogens with two attached hydrogens (primary N) is 1. The van der Waals surface area contributed by atoms with Gasteiger partial charge in [-0.2, -0.15) is 0 Å². The maximum Gasteiger partial charge on any atom is 0.263 e. The molecule has 110 valence electrons. The van der Waals surface area contributed by atoms with Crippen LogP contribution in [0.25, 0.3) is 10.1 Å². The Morgan fingerprint density at radius 2 is 2.29 bits per heavy atom. The number of allylic oxidation sites excluding steroid dienone is 2. The molecule has 1 atom stereocenters. The number of nitrogen functional groups attached to an aromatic ring is 1. The van der Waals surface area contributed by atoms with Gasteiger partial charge in [-0.05, 0) is 37.7 Å². The SMILES string of the molecule is Cc1cccc2c(N)c(C(=O)NCC3CC=CCC3)sc12. The van der Waals surface area contributed by atoms with E-state index < -0.39 is 0 Å². The number of nitrogens with one attached hydrogen (secondary N) is 1. The molecule has 1 unspecified atom stereocenters. The molecule has 0 saturated carbocycles. The minimum atomic E-state index is -0.0392. The Morgan fingerprint density at radius 1 is 1.43 bits per heavy atom. The third-order valence-electron chi connectivity index (χ3n) is 4.09.